The van der Waals surface area contributed by atoms with Crippen molar-refractivity contribution < 1.29 is 28.6 Å². The average Bonchev–Trinajstić information content (AvgIpc) is 3.27. The summed E-state index contributed by atoms with van der Waals surface area (Å²) >= 11 is 0. The monoisotopic (exact) mass is 453 g/mol. The second-order valence-electron chi connectivity index (χ2n) is 8.81. The smallest absolute Gasteiger partial charge is 0.337 e. The lowest BCUT2D eigenvalue weighted by Crippen LogP contribution is -2.35. The Morgan fingerprint density at radius 2 is 1.85 bits per heavy atom. The average molecular weight is 454 g/mol. The largest absolute Gasteiger partial charge is 0.490 e. The third-order valence-electron chi connectivity index (χ3n) is 6.43. The molecule has 7 nitrogen and oxygen atoms in total. The highest BCUT2D eigenvalue weighted by Gasteiger charge is 2.40. The highest BCUT2D eigenvalue weighted by atomic mass is 16.6. The maximum Gasteiger partial charge on any atom is 0.337 e. The molecule has 1 N–H and O–H groups in total. The van der Waals surface area contributed by atoms with E-state index in [0.717, 1.165) is 49.8 Å². The van der Waals surface area contributed by atoms with E-state index in [4.69, 9.17) is 14.2 Å². The van der Waals surface area contributed by atoms with Gasteiger partial charge in [0, 0.05) is 36.2 Å². The fraction of sp³-hybridized carbons (Fsp3) is 0.500. The van der Waals surface area contributed by atoms with E-state index in [0.29, 0.717) is 41.4 Å². The molecule has 1 heterocycles. The number of carbonyl (C=O) groups is 3. The summed E-state index contributed by atoms with van der Waals surface area (Å²) in [6.07, 6.45) is 5.75. The van der Waals surface area contributed by atoms with Crippen LogP contribution in [0.25, 0.3) is 0 Å². The lowest BCUT2D eigenvalue weighted by Gasteiger charge is -2.34. The summed E-state index contributed by atoms with van der Waals surface area (Å²) in [5.74, 6) is -0.654. The van der Waals surface area contributed by atoms with Crippen LogP contribution in [-0.4, -0.2) is 30.4 Å². The predicted octanol–water partition coefficient (Wildman–Crippen LogP) is 4.46. The zero-order valence-electron chi connectivity index (χ0n) is 19.5. The fourth-order valence-corrected chi connectivity index (χ4v) is 5.02. The first-order chi connectivity index (χ1) is 15.9. The lowest BCUT2D eigenvalue weighted by molar-refractivity contribution is -0.144. The number of Topliss-reactive ketones (excluding diaryl/α,β-unsaturated/α-hetero) is 1. The second-order valence-corrected chi connectivity index (χ2v) is 8.81. The van der Waals surface area contributed by atoms with Crippen LogP contribution >= 0.6 is 0 Å². The Morgan fingerprint density at radius 3 is 2.55 bits per heavy atom. The van der Waals surface area contributed by atoms with E-state index >= 15 is 0 Å². The minimum absolute atomic E-state index is 0.0365. The van der Waals surface area contributed by atoms with Crippen LogP contribution in [-0.2, 0) is 19.1 Å². The molecular formula is C26H31NO6. The quantitative estimate of drug-likeness (QED) is 0.502. The summed E-state index contributed by atoms with van der Waals surface area (Å²) in [6, 6.07) is 5.21. The fourth-order valence-electron chi connectivity index (χ4n) is 5.02. The molecule has 1 aliphatic heterocycles. The van der Waals surface area contributed by atoms with Gasteiger partial charge in [-0.2, -0.15) is 0 Å². The van der Waals surface area contributed by atoms with Crippen LogP contribution in [0.15, 0.2) is 40.7 Å². The summed E-state index contributed by atoms with van der Waals surface area (Å²) in [5.41, 5.74) is 3.38. The van der Waals surface area contributed by atoms with Crippen molar-refractivity contribution in [2.24, 2.45) is 0 Å². The number of ether oxygens (including phenoxy) is 3. The molecule has 0 bridgehead atoms. The topological polar surface area (TPSA) is 90.9 Å². The Labute approximate surface area is 194 Å². The maximum atomic E-state index is 13.4. The van der Waals surface area contributed by atoms with Crippen LogP contribution in [0.1, 0.15) is 77.2 Å². The van der Waals surface area contributed by atoms with Crippen molar-refractivity contribution in [1.82, 2.24) is 5.32 Å². The standard InChI is InChI=1S/C26H31NO6/c1-4-31-22-14-17(12-13-21(22)32-16(3)28)24-23(26(30)33-18-8-5-6-9-18)15(2)27-19-10-7-11-20(29)25(19)24/h12-14,18,24,27H,4-11H2,1-3H3/t24-/m1/s1. The van der Waals surface area contributed by atoms with Crippen molar-refractivity contribution in [2.75, 3.05) is 6.61 Å². The van der Waals surface area contributed by atoms with Gasteiger partial charge in [0.05, 0.1) is 12.2 Å². The molecule has 3 aliphatic rings. The molecule has 0 amide bonds. The minimum atomic E-state index is -0.562. The van der Waals surface area contributed by atoms with Gasteiger partial charge in [-0.25, -0.2) is 4.79 Å². The molecule has 1 aromatic carbocycles. The summed E-state index contributed by atoms with van der Waals surface area (Å²) in [5, 5.41) is 3.32. The summed E-state index contributed by atoms with van der Waals surface area (Å²) in [6.45, 7) is 5.41. The van der Waals surface area contributed by atoms with Crippen molar-refractivity contribution >= 4 is 17.7 Å². The molecule has 2 aliphatic carbocycles. The third-order valence-corrected chi connectivity index (χ3v) is 6.43. The number of hydrogen-bond donors (Lipinski definition) is 1. The number of carbonyl (C=O) groups excluding carboxylic acids is 3. The van der Waals surface area contributed by atoms with Gasteiger partial charge < -0.3 is 19.5 Å². The molecule has 0 unspecified atom stereocenters. The van der Waals surface area contributed by atoms with Crippen molar-refractivity contribution in [2.45, 2.75) is 77.7 Å². The predicted molar refractivity (Wildman–Crippen MR) is 122 cm³/mol. The number of allylic oxidation sites excluding steroid dienone is 3. The molecule has 7 heteroatoms. The molecule has 1 fully saturated rings. The lowest BCUT2D eigenvalue weighted by atomic mass is 9.75. The normalized spacial score (nSPS) is 20.9. The van der Waals surface area contributed by atoms with E-state index in [2.05, 4.69) is 5.32 Å². The van der Waals surface area contributed by atoms with Crippen LogP contribution in [0.2, 0.25) is 0 Å². The van der Waals surface area contributed by atoms with Crippen molar-refractivity contribution in [1.29, 1.82) is 0 Å². The number of nitrogens with one attached hydrogen (secondary N) is 1. The number of ketones is 1. The number of hydrogen-bond acceptors (Lipinski definition) is 7. The van der Waals surface area contributed by atoms with Crippen LogP contribution in [0.4, 0.5) is 0 Å². The van der Waals surface area contributed by atoms with Crippen LogP contribution < -0.4 is 14.8 Å². The molecule has 1 aromatic rings. The highest BCUT2D eigenvalue weighted by molar-refractivity contribution is 6.03. The SMILES string of the molecule is CCOc1cc([C@@H]2C(C(=O)OC3CCCC3)=C(C)NC3=C2C(=O)CCC3)ccc1OC(C)=O. The van der Waals surface area contributed by atoms with Gasteiger partial charge in [-0.1, -0.05) is 6.07 Å². The van der Waals surface area contributed by atoms with E-state index < -0.39 is 11.9 Å². The molecule has 33 heavy (non-hydrogen) atoms. The van der Waals surface area contributed by atoms with Gasteiger partial charge in [-0.15, -0.1) is 0 Å². The first-order valence-electron chi connectivity index (χ1n) is 11.8. The Balaban J connectivity index is 1.79. The molecule has 0 aromatic heterocycles. The molecule has 0 saturated heterocycles. The van der Waals surface area contributed by atoms with E-state index in [1.807, 2.05) is 13.8 Å². The minimum Gasteiger partial charge on any atom is -0.490 e. The van der Waals surface area contributed by atoms with Gasteiger partial charge >= 0.3 is 11.9 Å². The van der Waals surface area contributed by atoms with Gasteiger partial charge in [0.25, 0.3) is 0 Å². The Bertz CT molecular complexity index is 1030. The maximum absolute atomic E-state index is 13.4. The summed E-state index contributed by atoms with van der Waals surface area (Å²) in [7, 11) is 0. The van der Waals surface area contributed by atoms with Gasteiger partial charge in [0.15, 0.2) is 17.3 Å². The summed E-state index contributed by atoms with van der Waals surface area (Å²) < 4.78 is 16.9. The first-order valence-corrected chi connectivity index (χ1v) is 11.8. The highest BCUT2D eigenvalue weighted by Crippen LogP contribution is 2.44. The van der Waals surface area contributed by atoms with E-state index in [-0.39, 0.29) is 17.9 Å². The number of benzene rings is 1. The number of esters is 2. The number of dihydropyridines is 1. The third kappa shape index (κ3) is 4.82. The van der Waals surface area contributed by atoms with Gasteiger partial charge in [0.1, 0.15) is 6.10 Å². The van der Waals surface area contributed by atoms with Crippen molar-refractivity contribution in [3.05, 3.63) is 46.3 Å². The molecule has 4 rings (SSSR count). The second kappa shape index (κ2) is 9.81. The van der Waals surface area contributed by atoms with Crippen LogP contribution in [0, 0.1) is 0 Å². The van der Waals surface area contributed by atoms with Gasteiger partial charge in [0.2, 0.25) is 0 Å². The van der Waals surface area contributed by atoms with Gasteiger partial charge in [-0.05, 0) is 70.1 Å². The Hall–Kier alpha value is -3.09. The van der Waals surface area contributed by atoms with Crippen molar-refractivity contribution in [3.8, 4) is 11.5 Å². The van der Waals surface area contributed by atoms with Crippen molar-refractivity contribution in [3.63, 3.8) is 0 Å². The molecule has 176 valence electrons. The molecule has 1 saturated carbocycles. The van der Waals surface area contributed by atoms with Crippen LogP contribution in [0.5, 0.6) is 11.5 Å². The molecule has 0 spiro atoms. The van der Waals surface area contributed by atoms with Gasteiger partial charge in [-0.3, -0.25) is 9.59 Å². The van der Waals surface area contributed by atoms with E-state index in [1.54, 1.807) is 18.2 Å². The first kappa shape index (κ1) is 23.1. The molecular weight excluding hydrogens is 422 g/mol. The van der Waals surface area contributed by atoms with Crippen LogP contribution in [0.3, 0.4) is 0 Å². The Kier molecular flexibility index (Phi) is 6.86. The number of rotatable bonds is 6. The zero-order valence-corrected chi connectivity index (χ0v) is 19.5. The van der Waals surface area contributed by atoms with E-state index in [1.165, 1.54) is 6.92 Å². The molecule has 0 radical (unpaired) electrons. The zero-order chi connectivity index (χ0) is 23.5. The van der Waals surface area contributed by atoms with E-state index in [9.17, 15) is 14.4 Å². The Morgan fingerprint density at radius 1 is 1.09 bits per heavy atom. The summed E-state index contributed by atoms with van der Waals surface area (Å²) in [4.78, 5) is 38.0. The molecule has 1 atom stereocenters.